The molecule has 6 nitrogen and oxygen atoms in total. The molecular weight excluding hydrogens is 781 g/mol. The maximum Gasteiger partial charge on any atom is 0.306 e. The van der Waals surface area contributed by atoms with Gasteiger partial charge in [0.25, 0.3) is 0 Å². The molecule has 1 unspecified atom stereocenters. The zero-order valence-electron chi connectivity index (χ0n) is 43.2. The second-order valence-electron chi connectivity index (χ2n) is 20.3. The second kappa shape index (κ2) is 49.8. The Morgan fingerprint density at radius 3 is 0.905 bits per heavy atom. The first-order valence-electron chi connectivity index (χ1n) is 28.3. The van der Waals surface area contributed by atoms with Gasteiger partial charge >= 0.3 is 17.9 Å². The molecular formula is C57H110O6. The Morgan fingerprint density at radius 2 is 0.603 bits per heavy atom. The Bertz CT molecular complexity index is 964. The van der Waals surface area contributed by atoms with Gasteiger partial charge in [0, 0.05) is 19.3 Å². The van der Waals surface area contributed by atoms with Crippen LogP contribution in [0, 0.1) is 11.8 Å². The number of hydrogen-bond acceptors (Lipinski definition) is 6. The number of unbranched alkanes of at least 4 members (excludes halogenated alkanes) is 35. The van der Waals surface area contributed by atoms with Crippen molar-refractivity contribution in [2.45, 2.75) is 323 Å². The van der Waals surface area contributed by atoms with Gasteiger partial charge in [-0.2, -0.15) is 0 Å². The lowest BCUT2D eigenvalue weighted by Gasteiger charge is -2.18. The summed E-state index contributed by atoms with van der Waals surface area (Å²) in [4.78, 5) is 38.1. The Kier molecular flexibility index (Phi) is 48.6. The fourth-order valence-electron chi connectivity index (χ4n) is 8.66. The molecule has 63 heavy (non-hydrogen) atoms. The summed E-state index contributed by atoms with van der Waals surface area (Å²) < 4.78 is 16.9. The van der Waals surface area contributed by atoms with E-state index in [4.69, 9.17) is 14.2 Å². The van der Waals surface area contributed by atoms with Gasteiger partial charge in [0.05, 0.1) is 0 Å². The fraction of sp³-hybridized carbons (Fsp3) is 0.947. The lowest BCUT2D eigenvalue weighted by molar-refractivity contribution is -0.167. The minimum absolute atomic E-state index is 0.0632. The van der Waals surface area contributed by atoms with E-state index < -0.39 is 6.10 Å². The highest BCUT2D eigenvalue weighted by Crippen LogP contribution is 2.18. The first kappa shape index (κ1) is 61.4. The summed E-state index contributed by atoms with van der Waals surface area (Å²) in [6.45, 7) is 11.4. The lowest BCUT2D eigenvalue weighted by atomic mass is 9.99. The smallest absolute Gasteiger partial charge is 0.306 e. The molecule has 0 heterocycles. The van der Waals surface area contributed by atoms with Crippen LogP contribution in [0.1, 0.15) is 317 Å². The van der Waals surface area contributed by atoms with Crippen molar-refractivity contribution in [2.24, 2.45) is 11.8 Å². The largest absolute Gasteiger partial charge is 0.462 e. The van der Waals surface area contributed by atoms with Gasteiger partial charge in [0.2, 0.25) is 0 Å². The molecule has 0 saturated carbocycles. The molecule has 0 spiro atoms. The monoisotopic (exact) mass is 891 g/mol. The van der Waals surface area contributed by atoms with Crippen LogP contribution in [0.5, 0.6) is 0 Å². The highest BCUT2D eigenvalue weighted by atomic mass is 16.6. The molecule has 0 amide bonds. The van der Waals surface area contributed by atoms with Crippen LogP contribution in [0.15, 0.2) is 0 Å². The van der Waals surface area contributed by atoms with E-state index in [2.05, 4.69) is 34.6 Å². The molecule has 0 bridgehead atoms. The minimum atomic E-state index is -0.762. The summed E-state index contributed by atoms with van der Waals surface area (Å²) in [5, 5.41) is 0. The zero-order chi connectivity index (χ0) is 46.1. The zero-order valence-corrected chi connectivity index (χ0v) is 43.2. The summed E-state index contributed by atoms with van der Waals surface area (Å²) in [6.07, 6.45) is 52.3. The average Bonchev–Trinajstić information content (AvgIpc) is 3.27. The summed E-state index contributed by atoms with van der Waals surface area (Å²) in [5.41, 5.74) is 0. The third-order valence-electron chi connectivity index (χ3n) is 13.3. The van der Waals surface area contributed by atoms with Gasteiger partial charge in [0.15, 0.2) is 6.10 Å². The van der Waals surface area contributed by atoms with Gasteiger partial charge in [0.1, 0.15) is 13.2 Å². The van der Waals surface area contributed by atoms with Crippen LogP contribution < -0.4 is 0 Å². The predicted molar refractivity (Wildman–Crippen MR) is 270 cm³/mol. The van der Waals surface area contributed by atoms with E-state index >= 15 is 0 Å². The van der Waals surface area contributed by atoms with Crippen molar-refractivity contribution >= 4 is 17.9 Å². The van der Waals surface area contributed by atoms with E-state index in [1.165, 1.54) is 205 Å². The van der Waals surface area contributed by atoms with Crippen molar-refractivity contribution in [3.8, 4) is 0 Å². The van der Waals surface area contributed by atoms with Crippen molar-refractivity contribution in [2.75, 3.05) is 13.2 Å². The highest BCUT2D eigenvalue weighted by Gasteiger charge is 2.19. The normalized spacial score (nSPS) is 12.5. The van der Waals surface area contributed by atoms with Gasteiger partial charge in [-0.15, -0.1) is 0 Å². The van der Waals surface area contributed by atoms with E-state index in [1.807, 2.05) is 0 Å². The second-order valence-corrected chi connectivity index (χ2v) is 20.3. The molecule has 0 aromatic heterocycles. The van der Waals surface area contributed by atoms with Gasteiger partial charge in [-0.1, -0.05) is 279 Å². The van der Waals surface area contributed by atoms with Crippen LogP contribution in [0.4, 0.5) is 0 Å². The number of carbonyl (C=O) groups excluding carboxylic acids is 3. The molecule has 0 aliphatic rings. The molecule has 0 rings (SSSR count). The Labute approximate surface area is 393 Å². The number of carbonyl (C=O) groups is 3. The fourth-order valence-corrected chi connectivity index (χ4v) is 8.66. The molecule has 0 aromatic rings. The SMILES string of the molecule is CCCCCCCCCCCCCCCCCCC(=O)OC[C@@H](COC(=O)CCCCCCCCCCC(C)C)OC(=O)CCCCCCCCCCCCCCCCC(C)CC. The van der Waals surface area contributed by atoms with E-state index in [-0.39, 0.29) is 31.1 Å². The lowest BCUT2D eigenvalue weighted by Crippen LogP contribution is -2.30. The molecule has 6 heteroatoms. The predicted octanol–water partition coefficient (Wildman–Crippen LogP) is 18.5. The molecule has 0 saturated heterocycles. The first-order valence-corrected chi connectivity index (χ1v) is 28.3. The minimum Gasteiger partial charge on any atom is -0.462 e. The van der Waals surface area contributed by atoms with Crippen LogP contribution in [0.3, 0.4) is 0 Å². The van der Waals surface area contributed by atoms with Crippen molar-refractivity contribution in [1.82, 2.24) is 0 Å². The van der Waals surface area contributed by atoms with Gasteiger partial charge < -0.3 is 14.2 Å². The molecule has 374 valence electrons. The number of esters is 3. The van der Waals surface area contributed by atoms with E-state index in [9.17, 15) is 14.4 Å². The van der Waals surface area contributed by atoms with Gasteiger partial charge in [-0.25, -0.2) is 0 Å². The number of rotatable bonds is 51. The van der Waals surface area contributed by atoms with Crippen molar-refractivity contribution in [3.63, 3.8) is 0 Å². The van der Waals surface area contributed by atoms with Crippen LogP contribution in [0.25, 0.3) is 0 Å². The van der Waals surface area contributed by atoms with Crippen LogP contribution in [-0.2, 0) is 28.6 Å². The van der Waals surface area contributed by atoms with E-state index in [0.29, 0.717) is 19.3 Å². The standard InChI is InChI=1S/C57H110O6/c1-6-8-9-10-11-12-13-14-15-16-20-23-26-32-37-42-47-55(58)61-50-54(51-62-56(59)48-43-38-33-29-28-30-35-40-45-52(3)4)63-57(60)49-44-39-34-27-24-21-18-17-19-22-25-31-36-41-46-53(5)7-2/h52-54H,6-51H2,1-5H3/t53?,54-/m0/s1. The van der Waals surface area contributed by atoms with Crippen molar-refractivity contribution < 1.29 is 28.6 Å². The quantitative estimate of drug-likeness (QED) is 0.0344. The molecule has 0 aliphatic carbocycles. The van der Waals surface area contributed by atoms with Crippen LogP contribution in [0.2, 0.25) is 0 Å². The third-order valence-corrected chi connectivity index (χ3v) is 13.3. The third kappa shape index (κ3) is 49.7. The van der Waals surface area contributed by atoms with Crippen LogP contribution in [-0.4, -0.2) is 37.2 Å². The molecule has 0 N–H and O–H groups in total. The molecule has 0 radical (unpaired) electrons. The van der Waals surface area contributed by atoms with E-state index in [0.717, 1.165) is 69.6 Å². The topological polar surface area (TPSA) is 78.9 Å². The summed E-state index contributed by atoms with van der Waals surface area (Å²) >= 11 is 0. The Morgan fingerprint density at radius 1 is 0.333 bits per heavy atom. The Balaban J connectivity index is 4.28. The maximum atomic E-state index is 12.8. The first-order chi connectivity index (χ1) is 30.8. The van der Waals surface area contributed by atoms with Crippen molar-refractivity contribution in [3.05, 3.63) is 0 Å². The molecule has 0 fully saturated rings. The van der Waals surface area contributed by atoms with Crippen molar-refractivity contribution in [1.29, 1.82) is 0 Å². The number of hydrogen-bond donors (Lipinski definition) is 0. The highest BCUT2D eigenvalue weighted by molar-refractivity contribution is 5.71. The molecule has 0 aromatic carbocycles. The molecule has 0 aliphatic heterocycles. The van der Waals surface area contributed by atoms with Crippen LogP contribution >= 0.6 is 0 Å². The molecule has 2 atom stereocenters. The average molecular weight is 892 g/mol. The summed E-state index contributed by atoms with van der Waals surface area (Å²) in [7, 11) is 0. The summed E-state index contributed by atoms with van der Waals surface area (Å²) in [6, 6.07) is 0. The van der Waals surface area contributed by atoms with E-state index in [1.54, 1.807) is 0 Å². The number of ether oxygens (including phenoxy) is 3. The Hall–Kier alpha value is -1.59. The van der Waals surface area contributed by atoms with Gasteiger partial charge in [-0.05, 0) is 31.1 Å². The van der Waals surface area contributed by atoms with Gasteiger partial charge in [-0.3, -0.25) is 14.4 Å². The maximum absolute atomic E-state index is 12.8. The summed E-state index contributed by atoms with van der Waals surface area (Å²) in [5.74, 6) is 0.847.